The van der Waals surface area contributed by atoms with Crippen LogP contribution in [-0.2, 0) is 9.59 Å². The van der Waals surface area contributed by atoms with Crippen molar-refractivity contribution in [3.05, 3.63) is 23.2 Å². The normalized spacial score (nSPS) is 12.5. The zero-order valence-corrected chi connectivity index (χ0v) is 10.9. The van der Waals surface area contributed by atoms with Crippen LogP contribution in [0.1, 0.15) is 6.42 Å². The molecule has 19 heavy (non-hydrogen) atoms. The molecule has 8 heteroatoms. The van der Waals surface area contributed by atoms with Gasteiger partial charge in [0.2, 0.25) is 0 Å². The van der Waals surface area contributed by atoms with Crippen LogP contribution in [0.25, 0.3) is 11.1 Å². The van der Waals surface area contributed by atoms with E-state index in [1.165, 1.54) is 0 Å². The van der Waals surface area contributed by atoms with Crippen molar-refractivity contribution in [1.82, 2.24) is 4.98 Å². The van der Waals surface area contributed by atoms with Crippen LogP contribution in [0.4, 0.5) is 0 Å². The van der Waals surface area contributed by atoms with Crippen LogP contribution in [0.5, 0.6) is 0 Å². The van der Waals surface area contributed by atoms with E-state index in [0.717, 1.165) is 11.8 Å². The van der Waals surface area contributed by atoms with Crippen LogP contribution in [0.2, 0.25) is 5.02 Å². The Balaban J connectivity index is 2.23. The summed E-state index contributed by atoms with van der Waals surface area (Å²) < 4.78 is 5.32. The number of carboxylic acid groups (broad SMARTS) is 2. The number of aromatic nitrogens is 1. The Morgan fingerprint density at radius 3 is 2.79 bits per heavy atom. The molecule has 0 saturated carbocycles. The lowest BCUT2D eigenvalue weighted by atomic mass is 10.3. The predicted molar refractivity (Wildman–Crippen MR) is 68.6 cm³/mol. The number of benzene rings is 1. The first-order chi connectivity index (χ1) is 8.95. The van der Waals surface area contributed by atoms with E-state index in [4.69, 9.17) is 26.2 Å². The van der Waals surface area contributed by atoms with Crippen LogP contribution >= 0.6 is 23.4 Å². The minimum absolute atomic E-state index is 0.103. The maximum Gasteiger partial charge on any atom is 0.317 e. The molecule has 0 aliphatic carbocycles. The largest absolute Gasteiger partial charge is 0.481 e. The molecule has 0 amide bonds. The summed E-state index contributed by atoms with van der Waals surface area (Å²) in [4.78, 5) is 25.6. The quantitative estimate of drug-likeness (QED) is 0.818. The molecule has 6 nitrogen and oxygen atoms in total. The van der Waals surface area contributed by atoms with E-state index < -0.39 is 23.6 Å². The highest BCUT2D eigenvalue weighted by Gasteiger charge is 2.24. The van der Waals surface area contributed by atoms with Gasteiger partial charge < -0.3 is 14.6 Å². The van der Waals surface area contributed by atoms with Gasteiger partial charge in [0, 0.05) is 11.1 Å². The monoisotopic (exact) mass is 301 g/mol. The Labute approximate surface area is 116 Å². The van der Waals surface area contributed by atoms with Crippen LogP contribution in [0, 0.1) is 0 Å². The van der Waals surface area contributed by atoms with Gasteiger partial charge in [-0.2, -0.15) is 0 Å². The van der Waals surface area contributed by atoms with Crippen LogP contribution in [0.3, 0.4) is 0 Å². The average molecular weight is 302 g/mol. The number of thioether (sulfide) groups is 1. The van der Waals surface area contributed by atoms with E-state index in [1.54, 1.807) is 18.2 Å². The number of hydrogen-bond acceptors (Lipinski definition) is 5. The lowest BCUT2D eigenvalue weighted by Crippen LogP contribution is -2.20. The fourth-order valence-electron chi connectivity index (χ4n) is 1.39. The van der Waals surface area contributed by atoms with Gasteiger partial charge in [0.25, 0.3) is 5.22 Å². The molecule has 1 aromatic heterocycles. The summed E-state index contributed by atoms with van der Waals surface area (Å²) in [7, 11) is 0. The Morgan fingerprint density at radius 2 is 2.16 bits per heavy atom. The second kappa shape index (κ2) is 5.50. The topological polar surface area (TPSA) is 101 Å². The van der Waals surface area contributed by atoms with Crippen molar-refractivity contribution in [2.45, 2.75) is 16.9 Å². The highest BCUT2D eigenvalue weighted by molar-refractivity contribution is 8.00. The van der Waals surface area contributed by atoms with Crippen molar-refractivity contribution >= 4 is 46.4 Å². The van der Waals surface area contributed by atoms with Gasteiger partial charge in [0.05, 0.1) is 6.42 Å². The van der Waals surface area contributed by atoms with E-state index in [9.17, 15) is 9.59 Å². The number of carboxylic acids is 2. The van der Waals surface area contributed by atoms with Gasteiger partial charge in [-0.3, -0.25) is 9.59 Å². The first-order valence-corrected chi connectivity index (χ1v) is 6.39. The smallest absolute Gasteiger partial charge is 0.317 e. The summed E-state index contributed by atoms with van der Waals surface area (Å²) in [6, 6.07) is 4.83. The number of halogens is 1. The maximum atomic E-state index is 10.9. The molecule has 100 valence electrons. The van der Waals surface area contributed by atoms with Gasteiger partial charge >= 0.3 is 11.9 Å². The zero-order valence-electron chi connectivity index (χ0n) is 9.37. The summed E-state index contributed by atoms with van der Waals surface area (Å²) in [6.45, 7) is 0. The predicted octanol–water partition coefficient (Wildman–Crippen LogP) is 2.50. The molecular formula is C11H8ClNO5S. The van der Waals surface area contributed by atoms with Crippen LogP contribution < -0.4 is 0 Å². The van der Waals surface area contributed by atoms with Gasteiger partial charge in [-0.05, 0) is 12.1 Å². The molecule has 2 N–H and O–H groups in total. The third kappa shape index (κ3) is 3.39. The molecule has 1 unspecified atom stereocenters. The molecule has 1 atom stereocenters. The van der Waals surface area contributed by atoms with Crippen LogP contribution in [0.15, 0.2) is 27.8 Å². The lowest BCUT2D eigenvalue weighted by Gasteiger charge is -2.05. The molecule has 0 saturated heterocycles. The highest BCUT2D eigenvalue weighted by atomic mass is 35.5. The van der Waals surface area contributed by atoms with E-state index in [0.29, 0.717) is 16.1 Å². The van der Waals surface area contributed by atoms with Crippen molar-refractivity contribution in [2.75, 3.05) is 0 Å². The van der Waals surface area contributed by atoms with Gasteiger partial charge in [-0.25, -0.2) is 4.98 Å². The number of nitrogens with zero attached hydrogens (tertiary/aromatic N) is 1. The highest BCUT2D eigenvalue weighted by Crippen LogP contribution is 2.29. The Kier molecular flexibility index (Phi) is 3.96. The van der Waals surface area contributed by atoms with E-state index in [1.807, 2.05) is 0 Å². The molecule has 1 heterocycles. The molecule has 2 rings (SSSR count). The number of aliphatic carboxylic acids is 2. The van der Waals surface area contributed by atoms with Crippen molar-refractivity contribution < 1.29 is 24.2 Å². The number of rotatable bonds is 5. The standard InChI is InChI=1S/C11H8ClNO5S/c12-5-1-2-6-7(3-5)18-11(13-6)19-8(10(16)17)4-9(14)15/h1-3,8H,4H2,(H,14,15)(H,16,17). The molecule has 1 aromatic carbocycles. The number of hydrogen-bond donors (Lipinski definition) is 2. The van der Waals surface area contributed by atoms with Gasteiger partial charge in [0.15, 0.2) is 5.58 Å². The zero-order chi connectivity index (χ0) is 14.0. The SMILES string of the molecule is O=C(O)CC(Sc1nc2ccc(Cl)cc2o1)C(=O)O. The fourth-order valence-corrected chi connectivity index (χ4v) is 2.41. The molecule has 0 aliphatic rings. The summed E-state index contributed by atoms with van der Waals surface area (Å²) in [5.41, 5.74) is 0.959. The number of oxazole rings is 1. The Morgan fingerprint density at radius 1 is 1.42 bits per heavy atom. The second-order valence-corrected chi connectivity index (χ2v) is 5.22. The molecule has 0 spiro atoms. The van der Waals surface area contributed by atoms with Crippen molar-refractivity contribution in [3.63, 3.8) is 0 Å². The van der Waals surface area contributed by atoms with Crippen molar-refractivity contribution in [1.29, 1.82) is 0 Å². The molecular weight excluding hydrogens is 294 g/mol. The minimum atomic E-state index is -1.23. The van der Waals surface area contributed by atoms with Crippen LogP contribution in [-0.4, -0.2) is 32.4 Å². The summed E-state index contributed by atoms with van der Waals surface area (Å²) in [6.07, 6.45) is -0.514. The molecule has 2 aromatic rings. The van der Waals surface area contributed by atoms with Gasteiger partial charge in [-0.1, -0.05) is 23.4 Å². The lowest BCUT2D eigenvalue weighted by molar-refractivity contribution is -0.142. The summed E-state index contributed by atoms with van der Waals surface area (Å²) in [5, 5.41) is 17.0. The molecule has 0 bridgehead atoms. The number of carbonyl (C=O) groups is 2. The van der Waals surface area contributed by atoms with E-state index in [-0.39, 0.29) is 5.22 Å². The van der Waals surface area contributed by atoms with Gasteiger partial charge in [0.1, 0.15) is 10.8 Å². The summed E-state index contributed by atoms with van der Waals surface area (Å²) in [5.74, 6) is -2.42. The average Bonchev–Trinajstić information content (AvgIpc) is 2.68. The van der Waals surface area contributed by atoms with E-state index in [2.05, 4.69) is 4.98 Å². The molecule has 0 aliphatic heterocycles. The van der Waals surface area contributed by atoms with Crippen molar-refractivity contribution in [3.8, 4) is 0 Å². The molecule has 0 fully saturated rings. The Bertz CT molecular complexity index is 641. The number of fused-ring (bicyclic) bond motifs is 1. The fraction of sp³-hybridized carbons (Fsp3) is 0.182. The minimum Gasteiger partial charge on any atom is -0.481 e. The summed E-state index contributed by atoms with van der Waals surface area (Å²) >= 11 is 6.54. The maximum absolute atomic E-state index is 10.9. The van der Waals surface area contributed by atoms with Gasteiger partial charge in [-0.15, -0.1) is 0 Å². The third-order valence-corrected chi connectivity index (χ3v) is 3.47. The first kappa shape index (κ1) is 13.7. The third-order valence-electron chi connectivity index (χ3n) is 2.21. The Hall–Kier alpha value is -1.73. The van der Waals surface area contributed by atoms with E-state index >= 15 is 0 Å². The first-order valence-electron chi connectivity index (χ1n) is 5.13. The molecule has 0 radical (unpaired) electrons. The second-order valence-electron chi connectivity index (χ2n) is 3.63. The van der Waals surface area contributed by atoms with Crippen molar-refractivity contribution in [2.24, 2.45) is 0 Å².